The van der Waals surface area contributed by atoms with Gasteiger partial charge in [0.25, 0.3) is 5.91 Å². The molecule has 2 heterocycles. The Bertz CT molecular complexity index is 359. The molecular formula is C11H18N3O2S+. The normalized spacial score (nSPS) is 28.9. The number of ether oxygens (including phenoxy) is 1. The van der Waals surface area contributed by atoms with Crippen LogP contribution >= 0.6 is 11.3 Å². The van der Waals surface area contributed by atoms with Crippen molar-refractivity contribution in [3.63, 3.8) is 0 Å². The number of carbonyl (C=O) groups is 1. The number of quaternary nitrogens is 1. The smallest absolute Gasteiger partial charge is 0.281 e. The average Bonchev–Trinajstić information content (AvgIpc) is 2.67. The quantitative estimate of drug-likeness (QED) is 0.786. The molecule has 1 aromatic rings. The highest BCUT2D eigenvalue weighted by molar-refractivity contribution is 7.13. The number of rotatable bonds is 3. The molecule has 17 heavy (non-hydrogen) atoms. The third kappa shape index (κ3) is 3.76. The van der Waals surface area contributed by atoms with E-state index in [0.29, 0.717) is 11.7 Å². The van der Waals surface area contributed by atoms with Crippen LogP contribution in [0.5, 0.6) is 0 Å². The minimum Gasteiger partial charge on any atom is -0.364 e. The van der Waals surface area contributed by atoms with Crippen molar-refractivity contribution in [2.24, 2.45) is 0 Å². The van der Waals surface area contributed by atoms with E-state index in [4.69, 9.17) is 4.74 Å². The van der Waals surface area contributed by atoms with E-state index in [2.05, 4.69) is 10.3 Å². The van der Waals surface area contributed by atoms with Gasteiger partial charge in [0.2, 0.25) is 0 Å². The van der Waals surface area contributed by atoms with Crippen molar-refractivity contribution in [1.29, 1.82) is 0 Å². The van der Waals surface area contributed by atoms with Crippen LogP contribution in [-0.2, 0) is 9.53 Å². The fourth-order valence-electron chi connectivity index (χ4n) is 2.21. The van der Waals surface area contributed by atoms with Crippen molar-refractivity contribution in [2.45, 2.75) is 26.1 Å². The molecule has 0 aromatic carbocycles. The number of carbonyl (C=O) groups excluding carboxylic acids is 1. The first-order valence-corrected chi connectivity index (χ1v) is 6.70. The van der Waals surface area contributed by atoms with Crippen LogP contribution in [0, 0.1) is 0 Å². The number of nitrogens with zero attached hydrogens (tertiary/aromatic N) is 1. The molecule has 2 N–H and O–H groups in total. The summed E-state index contributed by atoms with van der Waals surface area (Å²) in [4.78, 5) is 17.1. The lowest BCUT2D eigenvalue weighted by Crippen LogP contribution is -3.16. The van der Waals surface area contributed by atoms with Crippen LogP contribution in [0.3, 0.4) is 0 Å². The standard InChI is InChI=1S/C11H17N3O2S/c1-8-5-14(6-9(2)16-8)7-10(15)13-11-12-3-4-17-11/h3-4,8-9H,5-7H2,1-2H3,(H,12,13,15)/p+1/t8-,9+. The number of nitrogens with one attached hydrogen (secondary N) is 2. The van der Waals surface area contributed by atoms with E-state index in [9.17, 15) is 4.79 Å². The van der Waals surface area contributed by atoms with E-state index >= 15 is 0 Å². The summed E-state index contributed by atoms with van der Waals surface area (Å²) < 4.78 is 5.64. The summed E-state index contributed by atoms with van der Waals surface area (Å²) in [6, 6.07) is 0. The van der Waals surface area contributed by atoms with Crippen molar-refractivity contribution in [3.05, 3.63) is 11.6 Å². The molecule has 94 valence electrons. The van der Waals surface area contributed by atoms with Crippen LogP contribution in [0.15, 0.2) is 11.6 Å². The molecule has 1 fully saturated rings. The molecule has 6 heteroatoms. The Morgan fingerprint density at radius 1 is 1.59 bits per heavy atom. The van der Waals surface area contributed by atoms with Crippen LogP contribution in [-0.4, -0.2) is 42.7 Å². The molecule has 1 aliphatic rings. The van der Waals surface area contributed by atoms with E-state index < -0.39 is 0 Å². The number of hydrogen-bond acceptors (Lipinski definition) is 4. The van der Waals surface area contributed by atoms with E-state index in [1.807, 2.05) is 19.2 Å². The van der Waals surface area contributed by atoms with E-state index in [1.165, 1.54) is 16.2 Å². The first kappa shape index (κ1) is 12.5. The monoisotopic (exact) mass is 256 g/mol. The molecule has 2 rings (SSSR count). The number of morpholine rings is 1. The Morgan fingerprint density at radius 2 is 2.29 bits per heavy atom. The first-order chi connectivity index (χ1) is 8.13. The van der Waals surface area contributed by atoms with Gasteiger partial charge in [-0.15, -0.1) is 11.3 Å². The third-order valence-electron chi connectivity index (χ3n) is 2.71. The van der Waals surface area contributed by atoms with Crippen LogP contribution in [0.2, 0.25) is 0 Å². The fourth-order valence-corrected chi connectivity index (χ4v) is 2.75. The third-order valence-corrected chi connectivity index (χ3v) is 3.39. The zero-order valence-electron chi connectivity index (χ0n) is 10.1. The lowest BCUT2D eigenvalue weighted by atomic mass is 10.2. The molecule has 0 saturated carbocycles. The molecule has 1 saturated heterocycles. The number of hydrogen-bond donors (Lipinski definition) is 2. The number of aromatic nitrogens is 1. The second-order valence-corrected chi connectivity index (χ2v) is 5.37. The topological polar surface area (TPSA) is 55.7 Å². The number of amides is 1. The molecule has 0 radical (unpaired) electrons. The zero-order valence-corrected chi connectivity index (χ0v) is 10.9. The summed E-state index contributed by atoms with van der Waals surface area (Å²) in [5.74, 6) is 0.0243. The summed E-state index contributed by atoms with van der Waals surface area (Å²) in [7, 11) is 0. The Kier molecular flexibility index (Phi) is 4.09. The van der Waals surface area contributed by atoms with Gasteiger partial charge in [-0.1, -0.05) is 0 Å². The van der Waals surface area contributed by atoms with Crippen LogP contribution < -0.4 is 10.2 Å². The largest absolute Gasteiger partial charge is 0.364 e. The minimum absolute atomic E-state index is 0.0243. The van der Waals surface area contributed by atoms with Crippen LogP contribution in [0.4, 0.5) is 5.13 Å². The van der Waals surface area contributed by atoms with Gasteiger partial charge in [0.15, 0.2) is 11.7 Å². The van der Waals surface area contributed by atoms with Gasteiger partial charge < -0.3 is 9.64 Å². The van der Waals surface area contributed by atoms with Crippen LogP contribution in [0.1, 0.15) is 13.8 Å². The molecule has 1 aromatic heterocycles. The van der Waals surface area contributed by atoms with Crippen molar-refractivity contribution in [3.8, 4) is 0 Å². The van der Waals surface area contributed by atoms with E-state index in [-0.39, 0.29) is 18.1 Å². The van der Waals surface area contributed by atoms with Gasteiger partial charge in [0.05, 0.1) is 0 Å². The molecule has 0 aliphatic carbocycles. The summed E-state index contributed by atoms with van der Waals surface area (Å²) in [5, 5.41) is 5.32. The van der Waals surface area contributed by atoms with E-state index in [1.54, 1.807) is 6.20 Å². The van der Waals surface area contributed by atoms with Gasteiger partial charge in [-0.25, -0.2) is 4.98 Å². The molecule has 1 amide bonds. The van der Waals surface area contributed by atoms with Gasteiger partial charge in [-0.05, 0) is 13.8 Å². The van der Waals surface area contributed by atoms with Gasteiger partial charge >= 0.3 is 0 Å². The summed E-state index contributed by atoms with van der Waals surface area (Å²) in [5.41, 5.74) is 0. The highest BCUT2D eigenvalue weighted by Gasteiger charge is 2.27. The number of thiazole rings is 1. The maximum absolute atomic E-state index is 11.8. The number of anilines is 1. The highest BCUT2D eigenvalue weighted by atomic mass is 32.1. The Hall–Kier alpha value is -0.980. The van der Waals surface area contributed by atoms with Gasteiger partial charge in [-0.3, -0.25) is 10.1 Å². The maximum atomic E-state index is 11.8. The maximum Gasteiger partial charge on any atom is 0.281 e. The molecule has 1 aliphatic heterocycles. The minimum atomic E-state index is 0.0243. The summed E-state index contributed by atoms with van der Waals surface area (Å²) >= 11 is 1.44. The zero-order chi connectivity index (χ0) is 12.3. The molecule has 0 spiro atoms. The Morgan fingerprint density at radius 3 is 2.88 bits per heavy atom. The average molecular weight is 256 g/mol. The molecular weight excluding hydrogens is 238 g/mol. The molecule has 0 bridgehead atoms. The van der Waals surface area contributed by atoms with E-state index in [0.717, 1.165) is 13.1 Å². The highest BCUT2D eigenvalue weighted by Crippen LogP contribution is 2.09. The summed E-state index contributed by atoms with van der Waals surface area (Å²) in [6.45, 7) is 6.35. The lowest BCUT2D eigenvalue weighted by Gasteiger charge is -2.31. The second-order valence-electron chi connectivity index (χ2n) is 4.48. The predicted octanol–water partition coefficient (Wildman–Crippen LogP) is -0.226. The molecule has 5 nitrogen and oxygen atoms in total. The SMILES string of the molecule is C[C@@H]1C[NH+](CC(=O)Nc2nccs2)C[C@H](C)O1. The Balaban J connectivity index is 1.82. The first-order valence-electron chi connectivity index (χ1n) is 5.82. The Labute approximate surface area is 105 Å². The van der Waals surface area contributed by atoms with Crippen molar-refractivity contribution in [1.82, 2.24) is 4.98 Å². The summed E-state index contributed by atoms with van der Waals surface area (Å²) in [6.07, 6.45) is 2.13. The van der Waals surface area contributed by atoms with Crippen molar-refractivity contribution in [2.75, 3.05) is 25.0 Å². The predicted molar refractivity (Wildman–Crippen MR) is 66.3 cm³/mol. The fraction of sp³-hybridized carbons (Fsp3) is 0.636. The van der Waals surface area contributed by atoms with Gasteiger partial charge in [-0.2, -0.15) is 0 Å². The van der Waals surface area contributed by atoms with Gasteiger partial charge in [0.1, 0.15) is 25.3 Å². The second kappa shape index (κ2) is 5.57. The van der Waals surface area contributed by atoms with Crippen molar-refractivity contribution >= 4 is 22.4 Å². The lowest BCUT2D eigenvalue weighted by molar-refractivity contribution is -0.907. The van der Waals surface area contributed by atoms with Crippen molar-refractivity contribution < 1.29 is 14.4 Å². The van der Waals surface area contributed by atoms with Gasteiger partial charge in [0, 0.05) is 11.6 Å². The molecule has 3 atom stereocenters. The van der Waals surface area contributed by atoms with Crippen LogP contribution in [0.25, 0.3) is 0 Å². The molecule has 1 unspecified atom stereocenters.